The summed E-state index contributed by atoms with van der Waals surface area (Å²) in [4.78, 5) is 2.63. The molecule has 2 aliphatic rings. The third-order valence-electron chi connectivity index (χ3n) is 4.08. The van der Waals surface area contributed by atoms with Gasteiger partial charge in [0.25, 0.3) is 0 Å². The number of rotatable bonds is 2. The molecule has 1 unspecified atom stereocenters. The SMILES string of the molecule is CC1(C)CNCC(C)(C)N(CC2CCCO2)C1. The summed E-state index contributed by atoms with van der Waals surface area (Å²) in [5, 5.41) is 3.60. The molecule has 0 aromatic heterocycles. The lowest BCUT2D eigenvalue weighted by Gasteiger charge is -2.40. The Kier molecular flexibility index (Phi) is 3.81. The zero-order chi connectivity index (χ0) is 12.5. The van der Waals surface area contributed by atoms with E-state index in [-0.39, 0.29) is 5.54 Å². The predicted molar refractivity (Wildman–Crippen MR) is 71.3 cm³/mol. The smallest absolute Gasteiger partial charge is 0.0703 e. The third-order valence-corrected chi connectivity index (χ3v) is 4.08. The highest BCUT2D eigenvalue weighted by molar-refractivity contribution is 4.93. The molecule has 0 aromatic rings. The van der Waals surface area contributed by atoms with Crippen LogP contribution in [0.25, 0.3) is 0 Å². The molecule has 2 aliphatic heterocycles. The largest absolute Gasteiger partial charge is 0.377 e. The minimum atomic E-state index is 0.236. The molecule has 3 heteroatoms. The summed E-state index contributed by atoms with van der Waals surface area (Å²) in [6.45, 7) is 14.8. The summed E-state index contributed by atoms with van der Waals surface area (Å²) in [7, 11) is 0. The van der Waals surface area contributed by atoms with E-state index in [2.05, 4.69) is 37.9 Å². The van der Waals surface area contributed by atoms with Crippen molar-refractivity contribution in [2.45, 2.75) is 52.2 Å². The standard InChI is InChI=1S/C14H28N2O/c1-13(2)9-15-10-14(3,4)16(11-13)8-12-6-5-7-17-12/h12,15H,5-11H2,1-4H3. The Morgan fingerprint density at radius 3 is 2.65 bits per heavy atom. The normalized spacial score (nSPS) is 33.5. The topological polar surface area (TPSA) is 24.5 Å². The van der Waals surface area contributed by atoms with Crippen molar-refractivity contribution in [1.82, 2.24) is 10.2 Å². The zero-order valence-electron chi connectivity index (χ0n) is 11.9. The van der Waals surface area contributed by atoms with Crippen LogP contribution >= 0.6 is 0 Å². The molecule has 17 heavy (non-hydrogen) atoms. The van der Waals surface area contributed by atoms with Gasteiger partial charge in [0.05, 0.1) is 6.10 Å². The van der Waals surface area contributed by atoms with E-state index in [1.165, 1.54) is 12.8 Å². The Labute approximate surface area is 106 Å². The number of nitrogens with one attached hydrogen (secondary N) is 1. The number of hydrogen-bond donors (Lipinski definition) is 1. The van der Waals surface area contributed by atoms with Gasteiger partial charge in [-0.1, -0.05) is 13.8 Å². The van der Waals surface area contributed by atoms with E-state index in [0.717, 1.165) is 32.8 Å². The van der Waals surface area contributed by atoms with Gasteiger partial charge in [0.2, 0.25) is 0 Å². The maximum atomic E-state index is 5.80. The summed E-state index contributed by atoms with van der Waals surface area (Å²) >= 11 is 0. The third kappa shape index (κ3) is 3.43. The number of hydrogen-bond acceptors (Lipinski definition) is 3. The van der Waals surface area contributed by atoms with E-state index in [9.17, 15) is 0 Å². The molecule has 0 bridgehead atoms. The monoisotopic (exact) mass is 240 g/mol. The van der Waals surface area contributed by atoms with Gasteiger partial charge in [-0.15, -0.1) is 0 Å². The van der Waals surface area contributed by atoms with Gasteiger partial charge in [-0.05, 0) is 32.1 Å². The zero-order valence-corrected chi connectivity index (χ0v) is 11.9. The van der Waals surface area contributed by atoms with Gasteiger partial charge in [-0.25, -0.2) is 0 Å². The molecule has 100 valence electrons. The van der Waals surface area contributed by atoms with Crippen molar-refractivity contribution in [2.24, 2.45) is 5.41 Å². The van der Waals surface area contributed by atoms with E-state index in [4.69, 9.17) is 4.74 Å². The summed E-state index contributed by atoms with van der Waals surface area (Å²) in [5.41, 5.74) is 0.589. The van der Waals surface area contributed by atoms with Gasteiger partial charge >= 0.3 is 0 Å². The van der Waals surface area contributed by atoms with E-state index in [1.54, 1.807) is 0 Å². The molecule has 0 radical (unpaired) electrons. The maximum absolute atomic E-state index is 5.80. The molecule has 1 atom stereocenters. The van der Waals surface area contributed by atoms with E-state index in [0.29, 0.717) is 11.5 Å². The first-order valence-electron chi connectivity index (χ1n) is 6.96. The van der Waals surface area contributed by atoms with Crippen LogP contribution < -0.4 is 5.32 Å². The minimum absolute atomic E-state index is 0.236. The van der Waals surface area contributed by atoms with Gasteiger partial charge in [0.15, 0.2) is 0 Å². The minimum Gasteiger partial charge on any atom is -0.377 e. The first-order chi connectivity index (χ1) is 7.89. The lowest BCUT2D eigenvalue weighted by molar-refractivity contribution is 0.0238. The van der Waals surface area contributed by atoms with Crippen LogP contribution in [0.4, 0.5) is 0 Å². The Morgan fingerprint density at radius 1 is 1.24 bits per heavy atom. The molecule has 0 aliphatic carbocycles. The molecule has 2 rings (SSSR count). The van der Waals surface area contributed by atoms with Crippen LogP contribution in [-0.2, 0) is 4.74 Å². The fraction of sp³-hybridized carbons (Fsp3) is 1.00. The lowest BCUT2D eigenvalue weighted by atomic mass is 9.92. The maximum Gasteiger partial charge on any atom is 0.0703 e. The highest BCUT2D eigenvalue weighted by Crippen LogP contribution is 2.27. The van der Waals surface area contributed by atoms with Crippen molar-refractivity contribution in [2.75, 3.05) is 32.8 Å². The molecule has 3 nitrogen and oxygen atoms in total. The second kappa shape index (κ2) is 4.87. The summed E-state index contributed by atoms with van der Waals surface area (Å²) in [6, 6.07) is 0. The fourth-order valence-corrected chi connectivity index (χ4v) is 2.95. The van der Waals surface area contributed by atoms with Crippen LogP contribution in [0.5, 0.6) is 0 Å². The van der Waals surface area contributed by atoms with E-state index < -0.39 is 0 Å². The second-order valence-corrected chi connectivity index (χ2v) is 7.10. The average molecular weight is 240 g/mol. The van der Waals surface area contributed by atoms with E-state index >= 15 is 0 Å². The second-order valence-electron chi connectivity index (χ2n) is 7.10. The van der Waals surface area contributed by atoms with Gasteiger partial charge in [0, 0.05) is 38.3 Å². The van der Waals surface area contributed by atoms with Crippen molar-refractivity contribution in [3.8, 4) is 0 Å². The van der Waals surface area contributed by atoms with Crippen molar-refractivity contribution in [3.63, 3.8) is 0 Å². The summed E-state index contributed by atoms with van der Waals surface area (Å²) in [5.74, 6) is 0. The Morgan fingerprint density at radius 2 is 2.00 bits per heavy atom. The highest BCUT2D eigenvalue weighted by atomic mass is 16.5. The van der Waals surface area contributed by atoms with Gasteiger partial charge < -0.3 is 10.1 Å². The average Bonchev–Trinajstić information content (AvgIpc) is 2.64. The number of ether oxygens (including phenoxy) is 1. The molecular weight excluding hydrogens is 212 g/mol. The molecule has 0 amide bonds. The first-order valence-corrected chi connectivity index (χ1v) is 6.96. The van der Waals surface area contributed by atoms with Crippen molar-refractivity contribution in [3.05, 3.63) is 0 Å². The van der Waals surface area contributed by atoms with Gasteiger partial charge in [-0.3, -0.25) is 4.90 Å². The van der Waals surface area contributed by atoms with Crippen LogP contribution in [0, 0.1) is 5.41 Å². The van der Waals surface area contributed by atoms with Crippen LogP contribution in [0.1, 0.15) is 40.5 Å². The summed E-state index contributed by atoms with van der Waals surface area (Å²) < 4.78 is 5.80. The predicted octanol–water partition coefficient (Wildman–Crippen LogP) is 1.88. The lowest BCUT2D eigenvalue weighted by Crippen LogP contribution is -2.52. The quantitative estimate of drug-likeness (QED) is 0.797. The molecule has 0 aromatic carbocycles. The Bertz CT molecular complexity index is 257. The molecule has 2 heterocycles. The van der Waals surface area contributed by atoms with Crippen LogP contribution in [0.2, 0.25) is 0 Å². The highest BCUT2D eigenvalue weighted by Gasteiger charge is 2.36. The van der Waals surface area contributed by atoms with Crippen LogP contribution in [0.3, 0.4) is 0 Å². The fourth-order valence-electron chi connectivity index (χ4n) is 2.95. The molecule has 2 fully saturated rings. The van der Waals surface area contributed by atoms with Crippen LogP contribution in [0.15, 0.2) is 0 Å². The molecule has 0 spiro atoms. The molecule has 2 saturated heterocycles. The summed E-state index contributed by atoms with van der Waals surface area (Å²) in [6.07, 6.45) is 2.93. The van der Waals surface area contributed by atoms with Crippen molar-refractivity contribution >= 4 is 0 Å². The molecule has 1 N–H and O–H groups in total. The van der Waals surface area contributed by atoms with Crippen molar-refractivity contribution < 1.29 is 4.74 Å². The van der Waals surface area contributed by atoms with Crippen LogP contribution in [-0.4, -0.2) is 49.3 Å². The van der Waals surface area contributed by atoms with Crippen molar-refractivity contribution in [1.29, 1.82) is 0 Å². The molecular formula is C14H28N2O. The first kappa shape index (κ1) is 13.3. The van der Waals surface area contributed by atoms with Gasteiger partial charge in [-0.2, -0.15) is 0 Å². The molecule has 0 saturated carbocycles. The van der Waals surface area contributed by atoms with Gasteiger partial charge in [0.1, 0.15) is 0 Å². The Balaban J connectivity index is 2.03. The number of nitrogens with zero attached hydrogens (tertiary/aromatic N) is 1. The Hall–Kier alpha value is -0.120. The van der Waals surface area contributed by atoms with E-state index in [1.807, 2.05) is 0 Å².